The summed E-state index contributed by atoms with van der Waals surface area (Å²) in [4.78, 5) is 22.0. The third-order valence-electron chi connectivity index (χ3n) is 3.96. The molecule has 122 valence electrons. The van der Waals surface area contributed by atoms with Crippen LogP contribution in [0.4, 0.5) is 5.95 Å². The van der Waals surface area contributed by atoms with Crippen LogP contribution in [0.3, 0.4) is 0 Å². The number of carbonyl (C=O) groups is 1. The minimum atomic E-state index is -1.06. The van der Waals surface area contributed by atoms with Crippen LogP contribution < -0.4 is 4.90 Å². The lowest BCUT2D eigenvalue weighted by molar-refractivity contribution is 0.0690. The second kappa shape index (κ2) is 5.60. The van der Waals surface area contributed by atoms with E-state index in [0.29, 0.717) is 12.5 Å². The van der Waals surface area contributed by atoms with Crippen molar-refractivity contribution in [3.63, 3.8) is 0 Å². The van der Waals surface area contributed by atoms with E-state index in [4.69, 9.17) is 5.11 Å². The number of hydrogen-bond acceptors (Lipinski definition) is 6. The number of aromatic carboxylic acids is 1. The molecule has 0 bridgehead atoms. The molecule has 0 amide bonds. The SMILES string of the molecule is CC(C)(C)c1ccnc(N2CCC(n3cc(C(=O)O)nn3)C2)n1. The number of carboxylic acids is 1. The van der Waals surface area contributed by atoms with Gasteiger partial charge in [0.15, 0.2) is 5.69 Å². The van der Waals surface area contributed by atoms with Crippen LogP contribution in [0.5, 0.6) is 0 Å². The summed E-state index contributed by atoms with van der Waals surface area (Å²) in [6.45, 7) is 7.86. The fourth-order valence-electron chi connectivity index (χ4n) is 2.61. The Labute approximate surface area is 134 Å². The molecule has 2 aromatic heterocycles. The van der Waals surface area contributed by atoms with Crippen LogP contribution >= 0.6 is 0 Å². The molecule has 8 nitrogen and oxygen atoms in total. The molecule has 3 heterocycles. The minimum absolute atomic E-state index is 0.0287. The van der Waals surface area contributed by atoms with Gasteiger partial charge < -0.3 is 10.0 Å². The van der Waals surface area contributed by atoms with E-state index in [1.807, 2.05) is 6.07 Å². The highest BCUT2D eigenvalue weighted by molar-refractivity contribution is 5.84. The summed E-state index contributed by atoms with van der Waals surface area (Å²) in [5.74, 6) is -0.356. The fraction of sp³-hybridized carbons (Fsp3) is 0.533. The van der Waals surface area contributed by atoms with E-state index in [2.05, 4.69) is 46.0 Å². The molecular weight excluding hydrogens is 296 g/mol. The maximum Gasteiger partial charge on any atom is 0.358 e. The summed E-state index contributed by atoms with van der Waals surface area (Å²) in [6.07, 6.45) is 4.11. The van der Waals surface area contributed by atoms with Gasteiger partial charge in [-0.25, -0.2) is 19.4 Å². The number of hydrogen-bond donors (Lipinski definition) is 1. The number of aromatic nitrogens is 5. The van der Waals surface area contributed by atoms with E-state index in [0.717, 1.165) is 18.7 Å². The van der Waals surface area contributed by atoms with Crippen LogP contribution in [0.2, 0.25) is 0 Å². The first kappa shape index (κ1) is 15.4. The van der Waals surface area contributed by atoms with Crippen molar-refractivity contribution in [2.45, 2.75) is 38.6 Å². The highest BCUT2D eigenvalue weighted by atomic mass is 16.4. The molecule has 1 aliphatic rings. The molecule has 1 aliphatic heterocycles. The molecule has 0 radical (unpaired) electrons. The summed E-state index contributed by atoms with van der Waals surface area (Å²) in [6, 6.07) is 2.02. The van der Waals surface area contributed by atoms with Crippen molar-refractivity contribution < 1.29 is 9.90 Å². The van der Waals surface area contributed by atoms with Gasteiger partial charge in [0, 0.05) is 24.7 Å². The first-order valence-corrected chi connectivity index (χ1v) is 7.58. The van der Waals surface area contributed by atoms with Crippen molar-refractivity contribution in [2.24, 2.45) is 0 Å². The molecule has 2 aromatic rings. The predicted molar refractivity (Wildman–Crippen MR) is 83.6 cm³/mol. The number of anilines is 1. The summed E-state index contributed by atoms with van der Waals surface area (Å²) in [5.41, 5.74) is 0.938. The molecule has 1 fully saturated rings. The molecule has 0 aliphatic carbocycles. The predicted octanol–water partition coefficient (Wildman–Crippen LogP) is 1.52. The number of nitrogens with zero attached hydrogens (tertiary/aromatic N) is 6. The fourth-order valence-corrected chi connectivity index (χ4v) is 2.61. The third-order valence-corrected chi connectivity index (χ3v) is 3.96. The second-order valence-corrected chi connectivity index (χ2v) is 6.77. The van der Waals surface area contributed by atoms with E-state index < -0.39 is 5.97 Å². The van der Waals surface area contributed by atoms with E-state index in [-0.39, 0.29) is 17.2 Å². The summed E-state index contributed by atoms with van der Waals surface area (Å²) >= 11 is 0. The average Bonchev–Trinajstić information content (AvgIpc) is 3.15. The Morgan fingerprint density at radius 2 is 2.17 bits per heavy atom. The third kappa shape index (κ3) is 3.15. The quantitative estimate of drug-likeness (QED) is 0.916. The standard InChI is InChI=1S/C15H20N6O2/c1-15(2,3)12-4-6-16-14(17-12)20-7-5-10(8-20)21-9-11(13(22)23)18-19-21/h4,6,9-10H,5,7-8H2,1-3H3,(H,22,23). The largest absolute Gasteiger partial charge is 0.476 e. The van der Waals surface area contributed by atoms with Crippen molar-refractivity contribution in [3.05, 3.63) is 29.8 Å². The van der Waals surface area contributed by atoms with Gasteiger partial charge in [-0.1, -0.05) is 26.0 Å². The van der Waals surface area contributed by atoms with Gasteiger partial charge in [-0.2, -0.15) is 0 Å². The maximum absolute atomic E-state index is 10.9. The zero-order valence-electron chi connectivity index (χ0n) is 13.5. The number of carboxylic acid groups (broad SMARTS) is 1. The van der Waals surface area contributed by atoms with Crippen LogP contribution in [0.25, 0.3) is 0 Å². The Balaban J connectivity index is 1.76. The molecule has 1 atom stereocenters. The van der Waals surface area contributed by atoms with Gasteiger partial charge in [0.2, 0.25) is 5.95 Å². The molecule has 0 aromatic carbocycles. The summed E-state index contributed by atoms with van der Waals surface area (Å²) < 4.78 is 1.62. The van der Waals surface area contributed by atoms with Gasteiger partial charge >= 0.3 is 5.97 Å². The van der Waals surface area contributed by atoms with Crippen molar-refractivity contribution in [1.29, 1.82) is 0 Å². The monoisotopic (exact) mass is 316 g/mol. The first-order chi connectivity index (χ1) is 10.8. The Hall–Kier alpha value is -2.51. The van der Waals surface area contributed by atoms with Gasteiger partial charge in [0.05, 0.1) is 17.9 Å². The Morgan fingerprint density at radius 3 is 2.83 bits per heavy atom. The summed E-state index contributed by atoms with van der Waals surface area (Å²) in [7, 11) is 0. The van der Waals surface area contributed by atoms with E-state index in [1.54, 1.807) is 10.9 Å². The van der Waals surface area contributed by atoms with Crippen molar-refractivity contribution in [3.8, 4) is 0 Å². The number of rotatable bonds is 3. The van der Waals surface area contributed by atoms with Gasteiger partial charge in [-0.05, 0) is 12.5 Å². The van der Waals surface area contributed by atoms with E-state index >= 15 is 0 Å². The van der Waals surface area contributed by atoms with E-state index in [9.17, 15) is 4.79 Å². The molecule has 23 heavy (non-hydrogen) atoms. The van der Waals surface area contributed by atoms with Crippen LogP contribution in [0, 0.1) is 0 Å². The summed E-state index contributed by atoms with van der Waals surface area (Å²) in [5, 5.41) is 16.5. The average molecular weight is 316 g/mol. The zero-order chi connectivity index (χ0) is 16.6. The van der Waals surface area contributed by atoms with Gasteiger partial charge in [0.25, 0.3) is 0 Å². The Kier molecular flexibility index (Phi) is 3.75. The normalized spacial score (nSPS) is 18.4. The lowest BCUT2D eigenvalue weighted by atomic mass is 9.92. The maximum atomic E-state index is 10.9. The van der Waals surface area contributed by atoms with Gasteiger partial charge in [0.1, 0.15) is 0 Å². The molecular formula is C15H20N6O2. The molecule has 8 heteroatoms. The molecule has 0 spiro atoms. The molecule has 0 saturated carbocycles. The highest BCUT2D eigenvalue weighted by Gasteiger charge is 2.28. The van der Waals surface area contributed by atoms with Crippen LogP contribution in [-0.2, 0) is 5.41 Å². The lowest BCUT2D eigenvalue weighted by Gasteiger charge is -2.21. The van der Waals surface area contributed by atoms with Crippen LogP contribution in [-0.4, -0.2) is 49.1 Å². The van der Waals surface area contributed by atoms with E-state index in [1.165, 1.54) is 6.20 Å². The van der Waals surface area contributed by atoms with Gasteiger partial charge in [-0.15, -0.1) is 5.10 Å². The molecule has 3 rings (SSSR count). The van der Waals surface area contributed by atoms with Gasteiger partial charge in [-0.3, -0.25) is 0 Å². The molecule has 1 N–H and O–H groups in total. The van der Waals surface area contributed by atoms with Crippen molar-refractivity contribution in [2.75, 3.05) is 18.0 Å². The highest BCUT2D eigenvalue weighted by Crippen LogP contribution is 2.26. The Morgan fingerprint density at radius 1 is 1.39 bits per heavy atom. The van der Waals surface area contributed by atoms with Crippen molar-refractivity contribution in [1.82, 2.24) is 25.0 Å². The topological polar surface area (TPSA) is 97.0 Å². The minimum Gasteiger partial charge on any atom is -0.476 e. The molecule has 1 saturated heterocycles. The Bertz CT molecular complexity index is 721. The molecule has 1 unspecified atom stereocenters. The van der Waals surface area contributed by atoms with Crippen LogP contribution in [0.15, 0.2) is 18.5 Å². The first-order valence-electron chi connectivity index (χ1n) is 7.58. The van der Waals surface area contributed by atoms with Crippen molar-refractivity contribution >= 4 is 11.9 Å². The second-order valence-electron chi connectivity index (χ2n) is 6.77. The zero-order valence-corrected chi connectivity index (χ0v) is 13.5. The smallest absolute Gasteiger partial charge is 0.358 e. The van der Waals surface area contributed by atoms with Crippen LogP contribution in [0.1, 0.15) is 49.4 Å². The lowest BCUT2D eigenvalue weighted by Crippen LogP contribution is -2.25.